The Bertz CT molecular complexity index is 1650. The summed E-state index contributed by atoms with van der Waals surface area (Å²) in [6, 6.07) is 8.40. The van der Waals surface area contributed by atoms with E-state index in [1.54, 1.807) is 24.8 Å². The highest BCUT2D eigenvalue weighted by Crippen LogP contribution is 2.42. The van der Waals surface area contributed by atoms with E-state index in [2.05, 4.69) is 4.98 Å². The van der Waals surface area contributed by atoms with E-state index < -0.39 is 50.0 Å². The fourth-order valence-corrected chi connectivity index (χ4v) is 6.81. The third-order valence-electron chi connectivity index (χ3n) is 7.75. The predicted molar refractivity (Wildman–Crippen MR) is 147 cm³/mol. The van der Waals surface area contributed by atoms with Gasteiger partial charge in [0.15, 0.2) is 5.82 Å². The molecule has 42 heavy (non-hydrogen) atoms. The number of aliphatic carboxylic acids is 1. The number of carboxylic acid groups (broad SMARTS) is 1. The SMILES string of the molecule is COc1cc(F)cc(-c2cnc3c(c2)N(S(=O)(=O)c2cccc(C(F)(F)F)c2)C[C@@H]2CN(C(C)(C)C(=O)O)CCN32)c1. The monoisotopic (exact) mass is 608 g/mol. The summed E-state index contributed by atoms with van der Waals surface area (Å²) in [6.07, 6.45) is -3.31. The Labute approximate surface area is 240 Å². The van der Waals surface area contributed by atoms with Crippen LogP contribution in [0, 0.1) is 5.82 Å². The van der Waals surface area contributed by atoms with Crippen LogP contribution in [-0.4, -0.2) is 74.2 Å². The molecule has 0 bridgehead atoms. The van der Waals surface area contributed by atoms with E-state index in [-0.39, 0.29) is 30.3 Å². The minimum absolute atomic E-state index is 0.107. The highest BCUT2D eigenvalue weighted by atomic mass is 32.2. The molecular weight excluding hydrogens is 580 g/mol. The number of methoxy groups -OCH3 is 1. The zero-order chi connectivity index (χ0) is 30.6. The number of benzene rings is 2. The molecular formula is C28H28F4N4O5S. The number of nitrogens with zero attached hydrogens (tertiary/aromatic N) is 4. The molecule has 0 spiro atoms. The van der Waals surface area contributed by atoms with Crippen molar-refractivity contribution in [1.82, 2.24) is 9.88 Å². The zero-order valence-electron chi connectivity index (χ0n) is 22.9. The van der Waals surface area contributed by atoms with Gasteiger partial charge in [-0.2, -0.15) is 13.2 Å². The van der Waals surface area contributed by atoms with Gasteiger partial charge in [-0.25, -0.2) is 17.8 Å². The lowest BCUT2D eigenvalue weighted by molar-refractivity contribution is -0.150. The minimum Gasteiger partial charge on any atom is -0.497 e. The van der Waals surface area contributed by atoms with Crippen LogP contribution < -0.4 is 13.9 Å². The fraction of sp³-hybridized carbons (Fsp3) is 0.357. The number of aromatic nitrogens is 1. The van der Waals surface area contributed by atoms with Crippen LogP contribution in [0.25, 0.3) is 11.1 Å². The van der Waals surface area contributed by atoms with E-state index in [0.717, 1.165) is 22.5 Å². The van der Waals surface area contributed by atoms with Crippen LogP contribution in [0.15, 0.2) is 59.6 Å². The number of pyridine rings is 1. The van der Waals surface area contributed by atoms with E-state index in [4.69, 9.17) is 4.74 Å². The molecule has 3 aromatic rings. The standard InChI is InChI=1S/C28H28F4N4O5S/c1-27(2,26(37)38)34-7-8-35-21(15-34)16-36(42(39,40)23-6-4-5-19(12-23)28(30,31)32)24-11-18(14-33-25(24)35)17-9-20(29)13-22(10-17)41-3/h4-6,9-14,21H,7-8,15-16H2,1-3H3,(H,37,38)/t21-/m0/s1. The van der Waals surface area contributed by atoms with E-state index in [1.165, 1.54) is 31.5 Å². The Kier molecular flexibility index (Phi) is 7.34. The van der Waals surface area contributed by atoms with Crippen LogP contribution in [0.1, 0.15) is 19.4 Å². The lowest BCUT2D eigenvalue weighted by Gasteiger charge is -2.50. The van der Waals surface area contributed by atoms with Crippen molar-refractivity contribution in [3.05, 3.63) is 66.1 Å². The molecule has 1 N–H and O–H groups in total. The number of hydrogen-bond acceptors (Lipinski definition) is 7. The molecule has 5 rings (SSSR count). The molecule has 2 aliphatic rings. The van der Waals surface area contributed by atoms with E-state index >= 15 is 0 Å². The highest BCUT2D eigenvalue weighted by molar-refractivity contribution is 7.92. The van der Waals surface area contributed by atoms with Crippen LogP contribution in [0.2, 0.25) is 0 Å². The van der Waals surface area contributed by atoms with Gasteiger partial charge in [0.05, 0.1) is 35.8 Å². The second-order valence-electron chi connectivity index (χ2n) is 10.7. The Morgan fingerprint density at radius 3 is 2.45 bits per heavy atom. The van der Waals surface area contributed by atoms with Gasteiger partial charge in [0.2, 0.25) is 0 Å². The topological polar surface area (TPSA) is 103 Å². The Hall–Kier alpha value is -3.91. The van der Waals surface area contributed by atoms with Gasteiger partial charge in [-0.15, -0.1) is 0 Å². The second kappa shape index (κ2) is 10.4. The van der Waals surface area contributed by atoms with Crippen molar-refractivity contribution in [2.45, 2.75) is 36.5 Å². The van der Waals surface area contributed by atoms with Gasteiger partial charge in [0.1, 0.15) is 17.1 Å². The lowest BCUT2D eigenvalue weighted by atomic mass is 9.98. The summed E-state index contributed by atoms with van der Waals surface area (Å²) in [4.78, 5) is 19.5. The van der Waals surface area contributed by atoms with Gasteiger partial charge < -0.3 is 14.7 Å². The maximum atomic E-state index is 14.3. The van der Waals surface area contributed by atoms with Gasteiger partial charge >= 0.3 is 12.1 Å². The number of rotatable bonds is 6. The molecule has 14 heteroatoms. The second-order valence-corrected chi connectivity index (χ2v) is 12.5. The summed E-state index contributed by atoms with van der Waals surface area (Å²) in [5, 5.41) is 9.76. The summed E-state index contributed by atoms with van der Waals surface area (Å²) in [6.45, 7) is 3.76. The maximum Gasteiger partial charge on any atom is 0.416 e. The molecule has 1 atom stereocenters. The summed E-state index contributed by atoms with van der Waals surface area (Å²) in [5.41, 5.74) is -1.54. The molecule has 1 aromatic heterocycles. The van der Waals surface area contributed by atoms with E-state index in [1.807, 2.05) is 4.90 Å². The molecule has 9 nitrogen and oxygen atoms in total. The van der Waals surface area contributed by atoms with Gasteiger partial charge in [-0.3, -0.25) is 14.0 Å². The molecule has 2 aliphatic heterocycles. The van der Waals surface area contributed by atoms with Crippen molar-refractivity contribution in [3.8, 4) is 16.9 Å². The number of halogens is 4. The molecule has 0 saturated carbocycles. The van der Waals surface area contributed by atoms with Crippen molar-refractivity contribution in [2.24, 2.45) is 0 Å². The first-order valence-electron chi connectivity index (χ1n) is 12.9. The van der Waals surface area contributed by atoms with Gasteiger partial charge in [-0.05, 0) is 55.8 Å². The lowest BCUT2D eigenvalue weighted by Crippen LogP contribution is -2.65. The Morgan fingerprint density at radius 1 is 1.05 bits per heavy atom. The normalized spacial score (nSPS) is 17.9. The van der Waals surface area contributed by atoms with Crippen molar-refractivity contribution < 1.29 is 40.6 Å². The molecule has 0 aliphatic carbocycles. The molecule has 0 amide bonds. The number of piperazine rings is 1. The quantitative estimate of drug-likeness (QED) is 0.409. The molecule has 1 saturated heterocycles. The van der Waals surface area contributed by atoms with Crippen molar-refractivity contribution in [3.63, 3.8) is 0 Å². The van der Waals surface area contributed by atoms with E-state index in [0.29, 0.717) is 30.3 Å². The average Bonchev–Trinajstić information content (AvgIpc) is 2.95. The molecule has 0 radical (unpaired) electrons. The van der Waals surface area contributed by atoms with Crippen LogP contribution >= 0.6 is 0 Å². The van der Waals surface area contributed by atoms with Crippen LogP contribution in [0.3, 0.4) is 0 Å². The Balaban J connectivity index is 1.64. The van der Waals surface area contributed by atoms with Crippen molar-refractivity contribution in [1.29, 1.82) is 0 Å². The predicted octanol–water partition coefficient (Wildman–Crippen LogP) is 4.48. The highest BCUT2D eigenvalue weighted by Gasteiger charge is 2.45. The molecule has 1 fully saturated rings. The summed E-state index contributed by atoms with van der Waals surface area (Å²) >= 11 is 0. The molecule has 2 aromatic carbocycles. The number of ether oxygens (including phenoxy) is 1. The number of carbonyl (C=O) groups is 1. The number of fused-ring (bicyclic) bond motifs is 3. The number of anilines is 2. The van der Waals surface area contributed by atoms with Crippen LogP contribution in [0.5, 0.6) is 5.75 Å². The Morgan fingerprint density at radius 2 is 1.79 bits per heavy atom. The fourth-order valence-electron chi connectivity index (χ4n) is 5.27. The summed E-state index contributed by atoms with van der Waals surface area (Å²) in [5.74, 6) is -1.14. The van der Waals surface area contributed by atoms with Gasteiger partial charge in [0.25, 0.3) is 10.0 Å². The van der Waals surface area contributed by atoms with Crippen LogP contribution in [0.4, 0.5) is 29.1 Å². The first-order valence-corrected chi connectivity index (χ1v) is 14.4. The number of sulfonamides is 1. The minimum atomic E-state index is -4.76. The molecule has 224 valence electrons. The molecule has 3 heterocycles. The number of hydrogen-bond donors (Lipinski definition) is 1. The first kappa shape index (κ1) is 29.6. The largest absolute Gasteiger partial charge is 0.497 e. The smallest absolute Gasteiger partial charge is 0.416 e. The first-order chi connectivity index (χ1) is 19.6. The zero-order valence-corrected chi connectivity index (χ0v) is 23.7. The van der Waals surface area contributed by atoms with Crippen molar-refractivity contribution >= 4 is 27.5 Å². The third kappa shape index (κ3) is 5.24. The maximum absolute atomic E-state index is 14.3. The summed E-state index contributed by atoms with van der Waals surface area (Å²) < 4.78 is 89.0. The third-order valence-corrected chi connectivity index (χ3v) is 9.53. The van der Waals surface area contributed by atoms with Crippen LogP contribution in [-0.2, 0) is 21.0 Å². The van der Waals surface area contributed by atoms with Crippen molar-refractivity contribution in [2.75, 3.05) is 42.5 Å². The van der Waals surface area contributed by atoms with E-state index in [9.17, 15) is 35.9 Å². The number of carboxylic acids is 1. The summed E-state index contributed by atoms with van der Waals surface area (Å²) in [7, 11) is -3.19. The average molecular weight is 609 g/mol. The molecule has 0 unspecified atom stereocenters. The van der Waals surface area contributed by atoms with Gasteiger partial charge in [-0.1, -0.05) is 6.07 Å². The van der Waals surface area contributed by atoms with Gasteiger partial charge in [0, 0.05) is 37.5 Å². The number of alkyl halides is 3.